The summed E-state index contributed by atoms with van der Waals surface area (Å²) in [5.74, 6) is 0. The van der Waals surface area contributed by atoms with Crippen molar-refractivity contribution in [2.24, 2.45) is 0 Å². The maximum Gasteiger partial charge on any atom is 0.410 e. The molecule has 0 radical (unpaired) electrons. The molecular formula is C17H25NO2. The van der Waals surface area contributed by atoms with E-state index >= 15 is 0 Å². The lowest BCUT2D eigenvalue weighted by Crippen LogP contribution is -2.45. The van der Waals surface area contributed by atoms with E-state index in [1.54, 1.807) is 0 Å². The van der Waals surface area contributed by atoms with Crippen molar-refractivity contribution in [3.63, 3.8) is 0 Å². The lowest BCUT2D eigenvalue weighted by atomic mass is 9.75. The van der Waals surface area contributed by atoms with E-state index in [2.05, 4.69) is 31.2 Å². The predicted octanol–water partition coefficient (Wildman–Crippen LogP) is 3.98. The van der Waals surface area contributed by atoms with Gasteiger partial charge in [0.15, 0.2) is 0 Å². The van der Waals surface area contributed by atoms with E-state index < -0.39 is 5.60 Å². The van der Waals surface area contributed by atoms with Gasteiger partial charge in [0.2, 0.25) is 0 Å². The molecule has 0 N–H and O–H groups in total. The molecule has 1 amide bonds. The Kier molecular flexibility index (Phi) is 4.07. The molecule has 0 unspecified atom stereocenters. The normalized spacial score (nSPS) is 18.7. The van der Waals surface area contributed by atoms with Crippen LogP contribution in [0.15, 0.2) is 30.3 Å². The number of hydrogen-bond acceptors (Lipinski definition) is 2. The van der Waals surface area contributed by atoms with E-state index in [1.807, 2.05) is 31.7 Å². The maximum absolute atomic E-state index is 12.1. The van der Waals surface area contributed by atoms with Crippen LogP contribution in [-0.2, 0) is 10.2 Å². The molecular weight excluding hydrogens is 250 g/mol. The molecule has 3 nitrogen and oxygen atoms in total. The van der Waals surface area contributed by atoms with Crippen LogP contribution in [0.4, 0.5) is 4.79 Å². The van der Waals surface area contributed by atoms with Crippen LogP contribution in [0, 0.1) is 0 Å². The number of ether oxygens (including phenoxy) is 1. The number of amides is 1. The minimum Gasteiger partial charge on any atom is -0.444 e. The number of rotatable bonds is 1. The Morgan fingerprint density at radius 2 is 1.70 bits per heavy atom. The second kappa shape index (κ2) is 5.47. The minimum absolute atomic E-state index is 0.166. The molecule has 0 bridgehead atoms. The molecule has 2 rings (SSSR count). The summed E-state index contributed by atoms with van der Waals surface area (Å²) in [5, 5.41) is 0. The maximum atomic E-state index is 12.1. The quantitative estimate of drug-likeness (QED) is 0.776. The Morgan fingerprint density at radius 1 is 1.15 bits per heavy atom. The van der Waals surface area contributed by atoms with E-state index in [9.17, 15) is 4.79 Å². The van der Waals surface area contributed by atoms with Crippen LogP contribution < -0.4 is 0 Å². The van der Waals surface area contributed by atoms with Crippen LogP contribution in [0.25, 0.3) is 0 Å². The summed E-state index contributed by atoms with van der Waals surface area (Å²) >= 11 is 0. The predicted molar refractivity (Wildman–Crippen MR) is 80.8 cm³/mol. The molecule has 110 valence electrons. The summed E-state index contributed by atoms with van der Waals surface area (Å²) in [7, 11) is 0. The second-order valence-electron chi connectivity index (χ2n) is 6.89. The van der Waals surface area contributed by atoms with Gasteiger partial charge in [-0.15, -0.1) is 0 Å². The van der Waals surface area contributed by atoms with Gasteiger partial charge in [-0.05, 0) is 44.6 Å². The summed E-state index contributed by atoms with van der Waals surface area (Å²) in [6.07, 6.45) is 1.78. The van der Waals surface area contributed by atoms with Crippen molar-refractivity contribution in [3.8, 4) is 0 Å². The van der Waals surface area contributed by atoms with E-state index in [0.717, 1.165) is 25.9 Å². The van der Waals surface area contributed by atoms with Gasteiger partial charge in [-0.3, -0.25) is 0 Å². The lowest BCUT2D eigenvalue weighted by molar-refractivity contribution is 0.0172. The molecule has 0 saturated carbocycles. The Balaban J connectivity index is 1.97. The van der Waals surface area contributed by atoms with Crippen molar-refractivity contribution in [2.75, 3.05) is 13.1 Å². The Morgan fingerprint density at radius 3 is 2.20 bits per heavy atom. The largest absolute Gasteiger partial charge is 0.444 e. The highest BCUT2D eigenvalue weighted by molar-refractivity contribution is 5.68. The third kappa shape index (κ3) is 3.53. The van der Waals surface area contributed by atoms with Crippen LogP contribution in [0.5, 0.6) is 0 Å². The molecule has 1 aliphatic heterocycles. The highest BCUT2D eigenvalue weighted by Crippen LogP contribution is 2.35. The zero-order valence-electron chi connectivity index (χ0n) is 13.0. The topological polar surface area (TPSA) is 29.5 Å². The van der Waals surface area contributed by atoms with E-state index in [1.165, 1.54) is 5.56 Å². The van der Waals surface area contributed by atoms with Gasteiger partial charge in [0, 0.05) is 13.1 Å². The van der Waals surface area contributed by atoms with Crippen molar-refractivity contribution in [3.05, 3.63) is 35.9 Å². The molecule has 1 saturated heterocycles. The molecule has 1 fully saturated rings. The standard InChI is InChI=1S/C17H25NO2/c1-16(2,3)20-15(19)18-12-10-17(4,11-13-18)14-8-6-5-7-9-14/h5-9H,10-13H2,1-4H3. The van der Waals surface area contributed by atoms with Gasteiger partial charge in [-0.2, -0.15) is 0 Å². The third-order valence-corrected chi connectivity index (χ3v) is 3.99. The number of benzene rings is 1. The number of hydrogen-bond donors (Lipinski definition) is 0. The van der Waals surface area contributed by atoms with Crippen LogP contribution in [0.2, 0.25) is 0 Å². The van der Waals surface area contributed by atoms with Crippen LogP contribution in [0.1, 0.15) is 46.1 Å². The molecule has 0 aromatic heterocycles. The molecule has 3 heteroatoms. The summed E-state index contributed by atoms with van der Waals surface area (Å²) in [5.41, 5.74) is 1.11. The summed E-state index contributed by atoms with van der Waals surface area (Å²) < 4.78 is 5.44. The Bertz CT molecular complexity index is 454. The fourth-order valence-corrected chi connectivity index (χ4v) is 2.64. The van der Waals surface area contributed by atoms with Crippen LogP contribution in [0.3, 0.4) is 0 Å². The summed E-state index contributed by atoms with van der Waals surface area (Å²) in [6.45, 7) is 9.53. The van der Waals surface area contributed by atoms with Gasteiger partial charge in [0.25, 0.3) is 0 Å². The van der Waals surface area contributed by atoms with Gasteiger partial charge in [-0.25, -0.2) is 4.79 Å². The van der Waals surface area contributed by atoms with E-state index in [0.29, 0.717) is 0 Å². The van der Waals surface area contributed by atoms with E-state index in [4.69, 9.17) is 4.74 Å². The van der Waals surface area contributed by atoms with Crippen LogP contribution >= 0.6 is 0 Å². The Labute approximate surface area is 121 Å². The highest BCUT2D eigenvalue weighted by Gasteiger charge is 2.34. The molecule has 1 aromatic carbocycles. The highest BCUT2D eigenvalue weighted by atomic mass is 16.6. The zero-order chi connectivity index (χ0) is 14.8. The lowest BCUT2D eigenvalue weighted by Gasteiger charge is -2.40. The molecule has 1 heterocycles. The number of carbonyl (C=O) groups is 1. The first-order chi connectivity index (χ1) is 9.30. The van der Waals surface area contributed by atoms with Crippen molar-refractivity contribution >= 4 is 6.09 Å². The smallest absolute Gasteiger partial charge is 0.410 e. The second-order valence-corrected chi connectivity index (χ2v) is 6.89. The Hall–Kier alpha value is -1.51. The fourth-order valence-electron chi connectivity index (χ4n) is 2.64. The van der Waals surface area contributed by atoms with Gasteiger partial charge >= 0.3 is 6.09 Å². The van der Waals surface area contributed by atoms with Crippen molar-refractivity contribution in [1.82, 2.24) is 4.90 Å². The molecule has 20 heavy (non-hydrogen) atoms. The SMILES string of the molecule is CC(C)(C)OC(=O)N1CCC(C)(c2ccccc2)CC1. The summed E-state index contributed by atoms with van der Waals surface area (Å²) in [4.78, 5) is 13.9. The van der Waals surface area contributed by atoms with Crippen molar-refractivity contribution in [2.45, 2.75) is 51.6 Å². The fraction of sp³-hybridized carbons (Fsp3) is 0.588. The molecule has 1 aromatic rings. The van der Waals surface area contributed by atoms with Crippen molar-refractivity contribution < 1.29 is 9.53 Å². The number of carbonyl (C=O) groups excluding carboxylic acids is 1. The van der Waals surface area contributed by atoms with Crippen molar-refractivity contribution in [1.29, 1.82) is 0 Å². The van der Waals surface area contributed by atoms with Gasteiger partial charge < -0.3 is 9.64 Å². The average molecular weight is 275 g/mol. The van der Waals surface area contributed by atoms with Crippen LogP contribution in [-0.4, -0.2) is 29.7 Å². The monoisotopic (exact) mass is 275 g/mol. The third-order valence-electron chi connectivity index (χ3n) is 3.99. The minimum atomic E-state index is -0.419. The first kappa shape index (κ1) is 14.9. The average Bonchev–Trinajstić information content (AvgIpc) is 2.38. The molecule has 0 atom stereocenters. The molecule has 1 aliphatic rings. The van der Waals surface area contributed by atoms with Gasteiger partial charge in [0.05, 0.1) is 0 Å². The number of likely N-dealkylation sites (tertiary alicyclic amines) is 1. The molecule has 0 aliphatic carbocycles. The number of piperidine rings is 1. The van der Waals surface area contributed by atoms with Gasteiger partial charge in [0.1, 0.15) is 5.60 Å². The summed E-state index contributed by atoms with van der Waals surface area (Å²) in [6, 6.07) is 10.6. The first-order valence-electron chi connectivity index (χ1n) is 7.34. The number of nitrogens with zero attached hydrogens (tertiary/aromatic N) is 1. The van der Waals surface area contributed by atoms with Gasteiger partial charge in [-0.1, -0.05) is 37.3 Å². The van der Waals surface area contributed by atoms with E-state index in [-0.39, 0.29) is 11.5 Å². The first-order valence-corrected chi connectivity index (χ1v) is 7.34. The molecule has 0 spiro atoms. The zero-order valence-corrected chi connectivity index (χ0v) is 13.0.